The predicted molar refractivity (Wildman–Crippen MR) is 82.2 cm³/mol. The third kappa shape index (κ3) is 5.05. The van der Waals surface area contributed by atoms with Crippen LogP contribution in [0, 0.1) is 5.92 Å². The van der Waals surface area contributed by atoms with Gasteiger partial charge in [0, 0.05) is 13.0 Å². The molecular formula is C17H25NO3. The van der Waals surface area contributed by atoms with Crippen molar-refractivity contribution < 1.29 is 14.3 Å². The topological polar surface area (TPSA) is 38.8 Å². The zero-order valence-electron chi connectivity index (χ0n) is 13.0. The first-order valence-electron chi connectivity index (χ1n) is 7.72. The first-order valence-corrected chi connectivity index (χ1v) is 7.72. The minimum absolute atomic E-state index is 0.0499. The van der Waals surface area contributed by atoms with Crippen LogP contribution in [0.15, 0.2) is 24.3 Å². The third-order valence-electron chi connectivity index (χ3n) is 4.03. The maximum Gasteiger partial charge on any atom is 0.306 e. The smallest absolute Gasteiger partial charge is 0.306 e. The summed E-state index contributed by atoms with van der Waals surface area (Å²) in [6.45, 7) is 5.41. The van der Waals surface area contributed by atoms with Gasteiger partial charge in [-0.2, -0.15) is 0 Å². The molecule has 0 unspecified atom stereocenters. The van der Waals surface area contributed by atoms with E-state index in [1.807, 2.05) is 19.1 Å². The zero-order valence-corrected chi connectivity index (χ0v) is 13.0. The van der Waals surface area contributed by atoms with Crippen molar-refractivity contribution in [2.45, 2.75) is 32.7 Å². The molecule has 0 radical (unpaired) electrons. The van der Waals surface area contributed by atoms with Gasteiger partial charge in [-0.15, -0.1) is 0 Å². The second kappa shape index (κ2) is 8.03. The first kappa shape index (κ1) is 15.8. The number of benzene rings is 1. The molecule has 0 N–H and O–H groups in total. The second-order valence-electron chi connectivity index (χ2n) is 5.58. The molecule has 1 aliphatic rings. The monoisotopic (exact) mass is 291 g/mol. The molecule has 4 heteroatoms. The predicted octanol–water partition coefficient (Wildman–Crippen LogP) is 2.86. The third-order valence-corrected chi connectivity index (χ3v) is 4.03. The molecule has 0 aliphatic carbocycles. The fourth-order valence-electron chi connectivity index (χ4n) is 2.79. The Labute approximate surface area is 127 Å². The maximum atomic E-state index is 11.5. The number of carbonyl (C=O) groups excluding carboxylic acids is 1. The van der Waals surface area contributed by atoms with E-state index >= 15 is 0 Å². The summed E-state index contributed by atoms with van der Waals surface area (Å²) in [5.74, 6) is 1.33. The highest BCUT2D eigenvalue weighted by Crippen LogP contribution is 2.22. The summed E-state index contributed by atoms with van der Waals surface area (Å²) >= 11 is 0. The van der Waals surface area contributed by atoms with E-state index in [4.69, 9.17) is 9.47 Å². The molecular weight excluding hydrogens is 266 g/mol. The molecule has 1 saturated heterocycles. The lowest BCUT2D eigenvalue weighted by Crippen LogP contribution is -2.34. The summed E-state index contributed by atoms with van der Waals surface area (Å²) in [6, 6.07) is 8.23. The molecule has 116 valence electrons. The Morgan fingerprint density at radius 2 is 1.90 bits per heavy atom. The lowest BCUT2D eigenvalue weighted by Gasteiger charge is -2.31. The van der Waals surface area contributed by atoms with E-state index in [9.17, 15) is 4.79 Å². The number of hydrogen-bond acceptors (Lipinski definition) is 4. The molecule has 0 spiro atoms. The summed E-state index contributed by atoms with van der Waals surface area (Å²) in [5.41, 5.74) is 1.31. The molecule has 1 aromatic carbocycles. The van der Waals surface area contributed by atoms with E-state index in [0.717, 1.165) is 38.2 Å². The summed E-state index contributed by atoms with van der Waals surface area (Å²) in [4.78, 5) is 13.9. The average Bonchev–Trinajstić information content (AvgIpc) is 2.50. The van der Waals surface area contributed by atoms with Gasteiger partial charge in [-0.05, 0) is 56.5 Å². The van der Waals surface area contributed by atoms with E-state index in [1.54, 1.807) is 7.11 Å². The van der Waals surface area contributed by atoms with Crippen LogP contribution in [0.4, 0.5) is 0 Å². The Balaban J connectivity index is 1.74. The quantitative estimate of drug-likeness (QED) is 0.756. The summed E-state index contributed by atoms with van der Waals surface area (Å²) in [6.07, 6.45) is 2.73. The van der Waals surface area contributed by atoms with Gasteiger partial charge in [0.2, 0.25) is 0 Å². The molecule has 2 rings (SSSR count). The minimum atomic E-state index is -0.0499. The van der Waals surface area contributed by atoms with Gasteiger partial charge in [0.1, 0.15) is 5.75 Å². The highest BCUT2D eigenvalue weighted by atomic mass is 16.5. The molecule has 1 aliphatic heterocycles. The number of nitrogens with zero attached hydrogens (tertiary/aromatic N) is 1. The molecule has 0 bridgehead atoms. The van der Waals surface area contributed by atoms with Crippen LogP contribution in [0.5, 0.6) is 5.75 Å². The lowest BCUT2D eigenvalue weighted by atomic mass is 9.93. The van der Waals surface area contributed by atoms with Gasteiger partial charge in [0.05, 0.1) is 13.7 Å². The van der Waals surface area contributed by atoms with Gasteiger partial charge in [0.25, 0.3) is 0 Å². The number of rotatable bonds is 6. The van der Waals surface area contributed by atoms with Gasteiger partial charge in [-0.1, -0.05) is 12.1 Å². The summed E-state index contributed by atoms with van der Waals surface area (Å²) in [7, 11) is 1.68. The molecule has 1 fully saturated rings. The fourth-order valence-corrected chi connectivity index (χ4v) is 2.79. The van der Waals surface area contributed by atoms with Gasteiger partial charge in [-0.25, -0.2) is 0 Å². The average molecular weight is 291 g/mol. The van der Waals surface area contributed by atoms with Crippen LogP contribution in [0.1, 0.15) is 31.7 Å². The number of methoxy groups -OCH3 is 1. The van der Waals surface area contributed by atoms with Crippen molar-refractivity contribution in [2.24, 2.45) is 5.92 Å². The molecule has 1 heterocycles. The van der Waals surface area contributed by atoms with Gasteiger partial charge in [-0.3, -0.25) is 9.69 Å². The van der Waals surface area contributed by atoms with Crippen molar-refractivity contribution in [1.29, 1.82) is 0 Å². The second-order valence-corrected chi connectivity index (χ2v) is 5.58. The number of piperidine rings is 1. The van der Waals surface area contributed by atoms with Crippen LogP contribution in [0.3, 0.4) is 0 Å². The van der Waals surface area contributed by atoms with Crippen LogP contribution in [-0.4, -0.2) is 37.7 Å². The van der Waals surface area contributed by atoms with E-state index in [0.29, 0.717) is 18.9 Å². The largest absolute Gasteiger partial charge is 0.497 e. The van der Waals surface area contributed by atoms with Crippen LogP contribution in [0.2, 0.25) is 0 Å². The van der Waals surface area contributed by atoms with E-state index in [2.05, 4.69) is 17.0 Å². The normalized spacial score (nSPS) is 16.7. The number of esters is 1. The van der Waals surface area contributed by atoms with Gasteiger partial charge >= 0.3 is 5.97 Å². The maximum absolute atomic E-state index is 11.5. The first-order chi connectivity index (χ1) is 10.2. The van der Waals surface area contributed by atoms with Crippen LogP contribution in [-0.2, 0) is 16.1 Å². The van der Waals surface area contributed by atoms with Crippen LogP contribution in [0.25, 0.3) is 0 Å². The zero-order chi connectivity index (χ0) is 15.1. The number of hydrogen-bond donors (Lipinski definition) is 0. The fraction of sp³-hybridized carbons (Fsp3) is 0.588. The summed E-state index contributed by atoms with van der Waals surface area (Å²) < 4.78 is 10.2. The summed E-state index contributed by atoms with van der Waals surface area (Å²) in [5, 5.41) is 0. The van der Waals surface area contributed by atoms with Crippen LogP contribution >= 0.6 is 0 Å². The molecule has 21 heavy (non-hydrogen) atoms. The van der Waals surface area contributed by atoms with Crippen molar-refractivity contribution in [3.8, 4) is 5.75 Å². The molecule has 0 amide bonds. The Bertz CT molecular complexity index is 436. The highest BCUT2D eigenvalue weighted by Gasteiger charge is 2.21. The van der Waals surface area contributed by atoms with Crippen molar-refractivity contribution in [3.63, 3.8) is 0 Å². The van der Waals surface area contributed by atoms with Crippen molar-refractivity contribution in [1.82, 2.24) is 4.90 Å². The molecule has 4 nitrogen and oxygen atoms in total. The number of carbonyl (C=O) groups is 1. The Hall–Kier alpha value is -1.55. The van der Waals surface area contributed by atoms with Gasteiger partial charge in [0.15, 0.2) is 0 Å². The standard InChI is InChI=1S/C17H25NO3/c1-3-21-17(19)12-14-8-10-18(11-9-14)13-15-4-6-16(20-2)7-5-15/h4-7,14H,3,8-13H2,1-2H3. The minimum Gasteiger partial charge on any atom is -0.497 e. The Morgan fingerprint density at radius 1 is 1.24 bits per heavy atom. The Morgan fingerprint density at radius 3 is 2.48 bits per heavy atom. The van der Waals surface area contributed by atoms with Crippen LogP contribution < -0.4 is 4.74 Å². The van der Waals surface area contributed by atoms with E-state index in [-0.39, 0.29) is 5.97 Å². The van der Waals surface area contributed by atoms with E-state index in [1.165, 1.54) is 5.56 Å². The lowest BCUT2D eigenvalue weighted by molar-refractivity contribution is -0.144. The number of ether oxygens (including phenoxy) is 2. The van der Waals surface area contributed by atoms with Gasteiger partial charge < -0.3 is 9.47 Å². The SMILES string of the molecule is CCOC(=O)CC1CCN(Cc2ccc(OC)cc2)CC1. The Kier molecular flexibility index (Phi) is 6.05. The molecule has 0 atom stereocenters. The van der Waals surface area contributed by atoms with E-state index < -0.39 is 0 Å². The molecule has 0 aromatic heterocycles. The van der Waals surface area contributed by atoms with Crippen molar-refractivity contribution in [2.75, 3.05) is 26.8 Å². The van der Waals surface area contributed by atoms with Crippen molar-refractivity contribution >= 4 is 5.97 Å². The number of likely N-dealkylation sites (tertiary alicyclic amines) is 1. The van der Waals surface area contributed by atoms with Crippen molar-refractivity contribution in [3.05, 3.63) is 29.8 Å². The molecule has 0 saturated carbocycles. The molecule has 1 aromatic rings. The highest BCUT2D eigenvalue weighted by molar-refractivity contribution is 5.69.